The van der Waals surface area contributed by atoms with E-state index in [1.807, 2.05) is 12.3 Å². The van der Waals surface area contributed by atoms with Crippen molar-refractivity contribution in [1.29, 1.82) is 0 Å². The van der Waals surface area contributed by atoms with Crippen LogP contribution in [0.3, 0.4) is 0 Å². The summed E-state index contributed by atoms with van der Waals surface area (Å²) in [6.45, 7) is 9.35. The molecule has 2 aliphatic rings. The maximum Gasteiger partial charge on any atom is 0.338 e. The third-order valence-electron chi connectivity index (χ3n) is 6.64. The van der Waals surface area contributed by atoms with Crippen molar-refractivity contribution < 1.29 is 9.53 Å². The van der Waals surface area contributed by atoms with Gasteiger partial charge in [0.05, 0.1) is 11.3 Å². The van der Waals surface area contributed by atoms with E-state index in [1.54, 1.807) is 12.3 Å². The van der Waals surface area contributed by atoms with Gasteiger partial charge in [-0.2, -0.15) is 0 Å². The molecule has 170 valence electrons. The first-order valence-corrected chi connectivity index (χ1v) is 11.3. The summed E-state index contributed by atoms with van der Waals surface area (Å²) >= 11 is 0. The summed E-state index contributed by atoms with van der Waals surface area (Å²) in [5.41, 5.74) is 8.00. The smallest absolute Gasteiger partial charge is 0.338 e. The molecular weight excluding hydrogens is 416 g/mol. The highest BCUT2D eigenvalue weighted by Crippen LogP contribution is 2.31. The van der Waals surface area contributed by atoms with E-state index in [2.05, 4.69) is 48.1 Å². The lowest BCUT2D eigenvalue weighted by Gasteiger charge is -2.38. The predicted octanol–water partition coefficient (Wildman–Crippen LogP) is 3.26. The Labute approximate surface area is 192 Å². The molecule has 0 aliphatic carbocycles. The fourth-order valence-electron chi connectivity index (χ4n) is 5.07. The molecule has 0 bridgehead atoms. The second-order valence-corrected chi connectivity index (χ2v) is 9.15. The number of fused-ring (bicyclic) bond motifs is 1. The third-order valence-corrected chi connectivity index (χ3v) is 6.64. The maximum atomic E-state index is 11.9. The number of carbonyl (C=O) groups is 1. The number of aromatic amines is 1. The summed E-state index contributed by atoms with van der Waals surface area (Å²) in [4.78, 5) is 33.1. The number of nitrogens with one attached hydrogen (secondary N) is 2. The first-order valence-electron chi connectivity index (χ1n) is 11.3. The number of nitrogens with zero attached hydrogens (tertiary/aromatic N) is 2. The molecule has 0 spiro atoms. The number of pyridine rings is 2. The second kappa shape index (κ2) is 8.57. The summed E-state index contributed by atoms with van der Waals surface area (Å²) in [7, 11) is 0. The van der Waals surface area contributed by atoms with Crippen LogP contribution >= 0.6 is 0 Å². The first kappa shape index (κ1) is 21.6. The molecule has 2 aromatic heterocycles. The van der Waals surface area contributed by atoms with Crippen LogP contribution in [0.5, 0.6) is 0 Å². The Morgan fingerprint density at radius 2 is 2.00 bits per heavy atom. The lowest BCUT2D eigenvalue weighted by Crippen LogP contribution is -2.50. The highest BCUT2D eigenvalue weighted by atomic mass is 16.5. The quantitative estimate of drug-likeness (QED) is 0.601. The summed E-state index contributed by atoms with van der Waals surface area (Å²) in [5.74, 6) is -0.223. The zero-order chi connectivity index (χ0) is 23.1. The average Bonchev–Trinajstić information content (AvgIpc) is 3.16. The molecule has 0 unspecified atom stereocenters. The van der Waals surface area contributed by atoms with Gasteiger partial charge in [0.1, 0.15) is 6.61 Å². The fourth-order valence-corrected chi connectivity index (χ4v) is 5.07. The van der Waals surface area contributed by atoms with Crippen LogP contribution in [0.1, 0.15) is 51.1 Å². The van der Waals surface area contributed by atoms with Gasteiger partial charge in [-0.25, -0.2) is 4.79 Å². The number of piperazine rings is 1. The number of benzene rings is 1. The summed E-state index contributed by atoms with van der Waals surface area (Å²) in [6, 6.07) is 10.00. The molecule has 2 aliphatic heterocycles. The monoisotopic (exact) mass is 444 g/mol. The Morgan fingerprint density at radius 1 is 1.15 bits per heavy atom. The maximum absolute atomic E-state index is 11.9. The number of hydrogen-bond donors (Lipinski definition) is 2. The van der Waals surface area contributed by atoms with Crippen molar-refractivity contribution in [3.8, 4) is 11.3 Å². The summed E-state index contributed by atoms with van der Waals surface area (Å²) in [6.07, 6.45) is 3.64. The molecule has 1 fully saturated rings. The number of ether oxygens (including phenoxy) is 1. The van der Waals surface area contributed by atoms with Crippen molar-refractivity contribution in [2.24, 2.45) is 0 Å². The summed E-state index contributed by atoms with van der Waals surface area (Å²) in [5, 5.41) is 3.73. The largest absolute Gasteiger partial charge is 0.457 e. The molecule has 1 saturated heterocycles. The Bertz CT molecular complexity index is 1260. The molecule has 33 heavy (non-hydrogen) atoms. The predicted molar refractivity (Wildman–Crippen MR) is 126 cm³/mol. The lowest BCUT2D eigenvalue weighted by atomic mass is 9.92. The normalized spacial score (nSPS) is 20.5. The van der Waals surface area contributed by atoms with E-state index in [4.69, 9.17) is 9.72 Å². The van der Waals surface area contributed by atoms with Crippen LogP contribution < -0.4 is 10.9 Å². The van der Waals surface area contributed by atoms with Crippen molar-refractivity contribution in [1.82, 2.24) is 20.2 Å². The number of hydrogen-bond acceptors (Lipinski definition) is 6. The van der Waals surface area contributed by atoms with Crippen LogP contribution in [0.15, 0.2) is 47.5 Å². The van der Waals surface area contributed by atoms with Crippen LogP contribution in [0.2, 0.25) is 0 Å². The molecule has 0 radical (unpaired) electrons. The standard InChI is InChI=1S/C26H28N4O3/c1-15-8-18(9-28-25(15)19-4-7-24(31)27-10-19)12-30-11-16(2)29-23(13-30)20-5-6-21-22(17(20)3)14-33-26(21)32/h4-10,16,23,29H,11-14H2,1-3H3,(H,27,31)/t16-,23-/m0/s1. The minimum Gasteiger partial charge on any atom is -0.457 e. The molecule has 0 amide bonds. The Morgan fingerprint density at radius 3 is 2.76 bits per heavy atom. The van der Waals surface area contributed by atoms with Gasteiger partial charge in [-0.15, -0.1) is 0 Å². The van der Waals surface area contributed by atoms with Crippen molar-refractivity contribution >= 4 is 5.97 Å². The average molecular weight is 445 g/mol. The van der Waals surface area contributed by atoms with Gasteiger partial charge in [0.25, 0.3) is 0 Å². The lowest BCUT2D eigenvalue weighted by molar-refractivity contribution is 0.0535. The van der Waals surface area contributed by atoms with Crippen LogP contribution in [0.4, 0.5) is 0 Å². The SMILES string of the molecule is Cc1cc(CN2C[C@@H](c3ccc4c(c3C)COC4=O)N[C@@H](C)C2)cnc1-c1ccc(=O)[nH]c1. The van der Waals surface area contributed by atoms with Gasteiger partial charge >= 0.3 is 5.97 Å². The second-order valence-electron chi connectivity index (χ2n) is 9.15. The van der Waals surface area contributed by atoms with Crippen LogP contribution in [0, 0.1) is 13.8 Å². The van der Waals surface area contributed by atoms with E-state index < -0.39 is 0 Å². The minimum atomic E-state index is -0.223. The molecular formula is C26H28N4O3. The Balaban J connectivity index is 1.34. The van der Waals surface area contributed by atoms with Gasteiger partial charge < -0.3 is 15.0 Å². The van der Waals surface area contributed by atoms with E-state index in [9.17, 15) is 9.59 Å². The highest BCUT2D eigenvalue weighted by Gasteiger charge is 2.30. The van der Waals surface area contributed by atoms with Crippen molar-refractivity contribution in [3.63, 3.8) is 0 Å². The van der Waals surface area contributed by atoms with Gasteiger partial charge in [-0.1, -0.05) is 12.1 Å². The number of cyclic esters (lactones) is 1. The van der Waals surface area contributed by atoms with Crippen molar-refractivity contribution in [2.45, 2.75) is 46.0 Å². The zero-order valence-electron chi connectivity index (χ0n) is 19.1. The summed E-state index contributed by atoms with van der Waals surface area (Å²) < 4.78 is 5.23. The molecule has 2 atom stereocenters. The molecule has 3 aromatic rings. The number of aryl methyl sites for hydroxylation is 1. The minimum absolute atomic E-state index is 0.117. The van der Waals surface area contributed by atoms with Gasteiger partial charge in [-0.05, 0) is 55.2 Å². The number of aromatic nitrogens is 2. The van der Waals surface area contributed by atoms with E-state index in [1.165, 1.54) is 11.6 Å². The molecule has 7 nitrogen and oxygen atoms in total. The van der Waals surface area contributed by atoms with Crippen LogP contribution in [-0.2, 0) is 17.9 Å². The van der Waals surface area contributed by atoms with E-state index in [0.29, 0.717) is 18.2 Å². The van der Waals surface area contributed by atoms with Crippen molar-refractivity contribution in [3.05, 3.63) is 86.5 Å². The molecule has 1 aromatic carbocycles. The van der Waals surface area contributed by atoms with E-state index >= 15 is 0 Å². The number of H-pyrrole nitrogens is 1. The topological polar surface area (TPSA) is 87.3 Å². The fraction of sp³-hybridized carbons (Fsp3) is 0.346. The Hall–Kier alpha value is -3.29. The van der Waals surface area contributed by atoms with Gasteiger partial charge in [0.2, 0.25) is 5.56 Å². The van der Waals surface area contributed by atoms with Gasteiger partial charge in [0.15, 0.2) is 0 Å². The molecule has 4 heterocycles. The highest BCUT2D eigenvalue weighted by molar-refractivity contribution is 5.94. The Kier molecular flexibility index (Phi) is 5.60. The van der Waals surface area contributed by atoms with Gasteiger partial charge in [0, 0.05) is 61.3 Å². The third kappa shape index (κ3) is 4.21. The number of carbonyl (C=O) groups excluding carboxylic acids is 1. The number of rotatable bonds is 4. The van der Waals surface area contributed by atoms with Gasteiger partial charge in [-0.3, -0.25) is 14.7 Å². The van der Waals surface area contributed by atoms with E-state index in [0.717, 1.165) is 53.1 Å². The van der Waals surface area contributed by atoms with Crippen LogP contribution in [0.25, 0.3) is 11.3 Å². The molecule has 7 heteroatoms. The van der Waals surface area contributed by atoms with Crippen molar-refractivity contribution in [2.75, 3.05) is 13.1 Å². The van der Waals surface area contributed by atoms with Crippen LogP contribution in [-0.4, -0.2) is 40.0 Å². The molecule has 2 N–H and O–H groups in total. The first-order chi connectivity index (χ1) is 15.9. The molecule has 0 saturated carbocycles. The number of esters is 1. The van der Waals surface area contributed by atoms with E-state index in [-0.39, 0.29) is 17.6 Å². The zero-order valence-corrected chi connectivity index (χ0v) is 19.1. The molecule has 5 rings (SSSR count).